The number of tetrazole rings is 1. The molecule has 1 unspecified atom stereocenters. The van der Waals surface area contributed by atoms with Crippen LogP contribution in [0.3, 0.4) is 0 Å². The Kier molecular flexibility index (Phi) is 2.33. The summed E-state index contributed by atoms with van der Waals surface area (Å²) in [5.74, 6) is 0.539. The molecule has 8 nitrogen and oxygen atoms in total. The maximum Gasteiger partial charge on any atom is 0.296 e. The summed E-state index contributed by atoms with van der Waals surface area (Å²) in [5, 5.41) is 16.7. The van der Waals surface area contributed by atoms with Gasteiger partial charge in [0.05, 0.1) is 6.04 Å². The van der Waals surface area contributed by atoms with Gasteiger partial charge in [0.2, 0.25) is 0 Å². The van der Waals surface area contributed by atoms with E-state index in [1.165, 1.54) is 0 Å². The van der Waals surface area contributed by atoms with Gasteiger partial charge in [-0.2, -0.15) is 10.2 Å². The van der Waals surface area contributed by atoms with Gasteiger partial charge in [0.1, 0.15) is 5.52 Å². The number of oxazole rings is 1. The van der Waals surface area contributed by atoms with Crippen LogP contribution in [0.1, 0.15) is 18.8 Å². The highest BCUT2D eigenvalue weighted by molar-refractivity contribution is 5.78. The van der Waals surface area contributed by atoms with E-state index < -0.39 is 0 Å². The van der Waals surface area contributed by atoms with Crippen molar-refractivity contribution in [3.63, 3.8) is 0 Å². The standard InChI is InChI=1S/C10H11N7O/c1-5(9-14-16-17-15-9)12-10-13-7-3-2-6(11)4-8(7)18-10/h2-5H,11H2,1H3,(H,12,13)(H,14,15,16,17). The molecule has 0 amide bonds. The Bertz CT molecular complexity index is 660. The van der Waals surface area contributed by atoms with Gasteiger partial charge in [-0.25, -0.2) is 0 Å². The SMILES string of the molecule is CC(Nc1nc2ccc(N)cc2o1)c1nn[nH]n1. The van der Waals surface area contributed by atoms with E-state index in [-0.39, 0.29) is 6.04 Å². The molecule has 3 rings (SSSR count). The van der Waals surface area contributed by atoms with E-state index in [1.807, 2.05) is 6.92 Å². The van der Waals surface area contributed by atoms with Crippen molar-refractivity contribution in [3.05, 3.63) is 24.0 Å². The number of hydrogen-bond acceptors (Lipinski definition) is 7. The first-order valence-corrected chi connectivity index (χ1v) is 5.38. The Morgan fingerprint density at radius 2 is 2.33 bits per heavy atom. The van der Waals surface area contributed by atoms with Crippen molar-refractivity contribution in [2.24, 2.45) is 0 Å². The highest BCUT2D eigenvalue weighted by Crippen LogP contribution is 2.23. The van der Waals surface area contributed by atoms with Crippen molar-refractivity contribution < 1.29 is 4.42 Å². The zero-order valence-corrected chi connectivity index (χ0v) is 9.58. The predicted molar refractivity (Wildman–Crippen MR) is 64.6 cm³/mol. The summed E-state index contributed by atoms with van der Waals surface area (Å²) in [6.45, 7) is 1.88. The first-order chi connectivity index (χ1) is 8.72. The fourth-order valence-corrected chi connectivity index (χ4v) is 1.61. The van der Waals surface area contributed by atoms with E-state index >= 15 is 0 Å². The molecule has 0 aliphatic carbocycles. The summed E-state index contributed by atoms with van der Waals surface area (Å²) in [5.41, 5.74) is 7.69. The molecule has 0 aliphatic rings. The highest BCUT2D eigenvalue weighted by Gasteiger charge is 2.13. The van der Waals surface area contributed by atoms with Gasteiger partial charge in [-0.05, 0) is 19.1 Å². The van der Waals surface area contributed by atoms with Gasteiger partial charge in [-0.15, -0.1) is 10.2 Å². The minimum absolute atomic E-state index is 0.158. The number of aromatic amines is 1. The van der Waals surface area contributed by atoms with E-state index in [0.29, 0.717) is 23.1 Å². The van der Waals surface area contributed by atoms with Crippen molar-refractivity contribution in [2.45, 2.75) is 13.0 Å². The van der Waals surface area contributed by atoms with E-state index in [2.05, 4.69) is 30.9 Å². The highest BCUT2D eigenvalue weighted by atomic mass is 16.4. The molecule has 0 saturated heterocycles. The third-order valence-electron chi connectivity index (χ3n) is 2.50. The third-order valence-corrected chi connectivity index (χ3v) is 2.50. The zero-order valence-electron chi connectivity index (χ0n) is 9.58. The quantitative estimate of drug-likeness (QED) is 0.591. The Labute approximate surface area is 102 Å². The van der Waals surface area contributed by atoms with E-state index in [4.69, 9.17) is 10.2 Å². The monoisotopic (exact) mass is 245 g/mol. The van der Waals surface area contributed by atoms with Crippen molar-refractivity contribution in [2.75, 3.05) is 11.1 Å². The largest absolute Gasteiger partial charge is 0.423 e. The number of anilines is 2. The summed E-state index contributed by atoms with van der Waals surface area (Å²) < 4.78 is 5.53. The average Bonchev–Trinajstić information content (AvgIpc) is 2.95. The molecule has 1 atom stereocenters. The number of fused-ring (bicyclic) bond motifs is 1. The van der Waals surface area contributed by atoms with Crippen LogP contribution >= 0.6 is 0 Å². The minimum atomic E-state index is -0.158. The number of benzene rings is 1. The molecular formula is C10H11N7O. The lowest BCUT2D eigenvalue weighted by Gasteiger charge is -2.05. The van der Waals surface area contributed by atoms with Crippen molar-refractivity contribution in [1.29, 1.82) is 0 Å². The van der Waals surface area contributed by atoms with Gasteiger partial charge < -0.3 is 15.5 Å². The number of nitrogens with zero attached hydrogens (tertiary/aromatic N) is 4. The molecule has 1 aromatic carbocycles. The van der Waals surface area contributed by atoms with Crippen LogP contribution in [0.4, 0.5) is 11.7 Å². The molecule has 0 saturated carbocycles. The Balaban J connectivity index is 1.86. The number of rotatable bonds is 3. The molecule has 92 valence electrons. The fourth-order valence-electron chi connectivity index (χ4n) is 1.61. The second-order valence-electron chi connectivity index (χ2n) is 3.88. The second-order valence-corrected chi connectivity index (χ2v) is 3.88. The zero-order chi connectivity index (χ0) is 12.5. The molecular weight excluding hydrogens is 234 g/mol. The summed E-state index contributed by atoms with van der Waals surface area (Å²) in [6.07, 6.45) is 0. The van der Waals surface area contributed by atoms with Crippen LogP contribution in [0, 0.1) is 0 Å². The first-order valence-electron chi connectivity index (χ1n) is 5.38. The first kappa shape index (κ1) is 10.5. The van der Waals surface area contributed by atoms with Crippen LogP contribution in [0.5, 0.6) is 0 Å². The Morgan fingerprint density at radius 3 is 3.11 bits per heavy atom. The topological polar surface area (TPSA) is 119 Å². The van der Waals surface area contributed by atoms with Gasteiger partial charge in [-0.3, -0.25) is 0 Å². The van der Waals surface area contributed by atoms with Gasteiger partial charge in [0.25, 0.3) is 6.01 Å². The lowest BCUT2D eigenvalue weighted by molar-refractivity contribution is 0.599. The van der Waals surface area contributed by atoms with Crippen LogP contribution in [0.2, 0.25) is 0 Å². The fraction of sp³-hybridized carbons (Fsp3) is 0.200. The number of H-pyrrole nitrogens is 1. The van der Waals surface area contributed by atoms with Crippen LogP contribution in [-0.2, 0) is 0 Å². The summed E-state index contributed by atoms with van der Waals surface area (Å²) in [6, 6.07) is 5.55. The molecule has 2 heterocycles. The number of nitrogen functional groups attached to an aromatic ring is 1. The average molecular weight is 245 g/mol. The number of hydrogen-bond donors (Lipinski definition) is 3. The van der Waals surface area contributed by atoms with E-state index in [1.54, 1.807) is 18.2 Å². The summed E-state index contributed by atoms with van der Waals surface area (Å²) in [4.78, 5) is 4.28. The lowest BCUT2D eigenvalue weighted by Crippen LogP contribution is -2.08. The molecule has 0 bridgehead atoms. The van der Waals surface area contributed by atoms with Gasteiger partial charge in [0.15, 0.2) is 11.4 Å². The van der Waals surface area contributed by atoms with Crippen molar-refractivity contribution in [3.8, 4) is 0 Å². The van der Waals surface area contributed by atoms with Gasteiger partial charge in [0, 0.05) is 11.8 Å². The molecule has 0 radical (unpaired) electrons. The van der Waals surface area contributed by atoms with Crippen LogP contribution in [-0.4, -0.2) is 25.6 Å². The maximum atomic E-state index is 5.67. The molecule has 8 heteroatoms. The third kappa shape index (κ3) is 1.83. The predicted octanol–water partition coefficient (Wildman–Crippen LogP) is 1.10. The van der Waals surface area contributed by atoms with Crippen LogP contribution < -0.4 is 11.1 Å². The molecule has 0 fully saturated rings. The smallest absolute Gasteiger partial charge is 0.296 e. The lowest BCUT2D eigenvalue weighted by atomic mass is 10.3. The van der Waals surface area contributed by atoms with Crippen LogP contribution in [0.15, 0.2) is 22.6 Å². The normalized spacial score (nSPS) is 12.7. The molecule has 18 heavy (non-hydrogen) atoms. The van der Waals surface area contributed by atoms with E-state index in [9.17, 15) is 0 Å². The molecule has 2 aromatic heterocycles. The van der Waals surface area contributed by atoms with Crippen LogP contribution in [0.25, 0.3) is 11.1 Å². The number of nitrogens with two attached hydrogens (primary N) is 1. The molecule has 0 spiro atoms. The number of aromatic nitrogens is 5. The number of nitrogens with one attached hydrogen (secondary N) is 2. The van der Waals surface area contributed by atoms with E-state index in [0.717, 1.165) is 5.52 Å². The molecule has 3 aromatic rings. The molecule has 4 N–H and O–H groups in total. The maximum absolute atomic E-state index is 5.67. The van der Waals surface area contributed by atoms with Gasteiger partial charge in [-0.1, -0.05) is 5.21 Å². The van der Waals surface area contributed by atoms with Crippen molar-refractivity contribution >= 4 is 22.8 Å². The molecule has 0 aliphatic heterocycles. The summed E-state index contributed by atoms with van der Waals surface area (Å²) >= 11 is 0. The Hall–Kier alpha value is -2.64. The van der Waals surface area contributed by atoms with Gasteiger partial charge >= 0.3 is 0 Å². The summed E-state index contributed by atoms with van der Waals surface area (Å²) in [7, 11) is 0. The second kappa shape index (κ2) is 3.99. The van der Waals surface area contributed by atoms with Crippen molar-refractivity contribution in [1.82, 2.24) is 25.6 Å². The minimum Gasteiger partial charge on any atom is -0.423 e. The Morgan fingerprint density at radius 1 is 1.44 bits per heavy atom.